The number of hydrogen-bond donors (Lipinski definition) is 1. The molecule has 0 fully saturated rings. The molecule has 3 aromatic rings. The Morgan fingerprint density at radius 2 is 2.05 bits per heavy atom. The van der Waals surface area contributed by atoms with Crippen LogP contribution in [0.25, 0.3) is 17.0 Å². The van der Waals surface area contributed by atoms with Crippen LogP contribution in [-0.2, 0) is 0 Å². The maximum atomic E-state index is 5.89. The molecular formula is C14H14N4O. The lowest BCUT2D eigenvalue weighted by molar-refractivity contribution is 0.416. The maximum Gasteiger partial charge on any atom is 0.184 e. The number of nitrogens with two attached hydrogens (primary N) is 1. The number of aromatic nitrogens is 3. The van der Waals surface area contributed by atoms with Crippen LogP contribution in [-0.4, -0.2) is 21.7 Å². The Bertz CT molecular complexity index is 748. The Hall–Kier alpha value is -2.56. The zero-order valence-corrected chi connectivity index (χ0v) is 10.8. The third-order valence-corrected chi connectivity index (χ3v) is 3.06. The van der Waals surface area contributed by atoms with Crippen molar-refractivity contribution in [3.63, 3.8) is 0 Å². The first-order valence-electron chi connectivity index (χ1n) is 5.95. The third-order valence-electron chi connectivity index (χ3n) is 3.06. The van der Waals surface area contributed by atoms with Gasteiger partial charge in [0.25, 0.3) is 0 Å². The van der Waals surface area contributed by atoms with Gasteiger partial charge in [0, 0.05) is 6.20 Å². The number of nitrogens with zero attached hydrogens (tertiary/aromatic N) is 3. The lowest BCUT2D eigenvalue weighted by atomic mass is 10.1. The molecule has 0 amide bonds. The van der Waals surface area contributed by atoms with Crippen molar-refractivity contribution in [1.29, 1.82) is 0 Å². The molecule has 0 spiro atoms. The van der Waals surface area contributed by atoms with E-state index in [4.69, 9.17) is 10.5 Å². The van der Waals surface area contributed by atoms with E-state index in [9.17, 15) is 0 Å². The van der Waals surface area contributed by atoms with Crippen LogP contribution in [0.4, 0.5) is 5.69 Å². The Morgan fingerprint density at radius 3 is 2.84 bits per heavy atom. The van der Waals surface area contributed by atoms with Crippen molar-refractivity contribution in [3.8, 4) is 17.1 Å². The van der Waals surface area contributed by atoms with E-state index < -0.39 is 0 Å². The van der Waals surface area contributed by atoms with Crippen molar-refractivity contribution in [2.45, 2.75) is 6.92 Å². The fourth-order valence-corrected chi connectivity index (χ4v) is 2.12. The molecule has 0 bridgehead atoms. The molecule has 0 unspecified atom stereocenters. The van der Waals surface area contributed by atoms with Gasteiger partial charge in [0.15, 0.2) is 11.5 Å². The summed E-state index contributed by atoms with van der Waals surface area (Å²) in [5.41, 5.74) is 9.19. The zero-order chi connectivity index (χ0) is 13.4. The van der Waals surface area contributed by atoms with E-state index in [1.807, 2.05) is 41.8 Å². The molecular weight excluding hydrogens is 240 g/mol. The molecule has 5 heteroatoms. The Labute approximate surface area is 110 Å². The Kier molecular flexibility index (Phi) is 2.59. The summed E-state index contributed by atoms with van der Waals surface area (Å²) >= 11 is 0. The molecule has 2 aromatic heterocycles. The molecule has 0 saturated carbocycles. The number of nitrogen functional groups attached to an aromatic ring is 1. The number of anilines is 1. The highest BCUT2D eigenvalue weighted by Gasteiger charge is 2.14. The van der Waals surface area contributed by atoms with Crippen LogP contribution >= 0.6 is 0 Å². The van der Waals surface area contributed by atoms with E-state index in [-0.39, 0.29) is 0 Å². The van der Waals surface area contributed by atoms with E-state index in [0.29, 0.717) is 11.3 Å². The Morgan fingerprint density at radius 1 is 1.21 bits per heavy atom. The normalized spacial score (nSPS) is 10.8. The van der Waals surface area contributed by atoms with Crippen molar-refractivity contribution in [1.82, 2.24) is 14.6 Å². The molecule has 0 aliphatic carbocycles. The van der Waals surface area contributed by atoms with Crippen LogP contribution in [0.5, 0.6) is 5.75 Å². The standard InChI is InChI=1S/C14H14N4O/c1-9-5-6-12(19-2)10(8-9)13-16-17-14-11(15)4-3-7-18(13)14/h3-8H,15H2,1-2H3. The number of benzene rings is 1. The quantitative estimate of drug-likeness (QED) is 0.762. The molecule has 2 N–H and O–H groups in total. The van der Waals surface area contributed by atoms with E-state index in [1.165, 1.54) is 0 Å². The summed E-state index contributed by atoms with van der Waals surface area (Å²) in [6.07, 6.45) is 1.89. The van der Waals surface area contributed by atoms with Gasteiger partial charge in [-0.15, -0.1) is 10.2 Å². The SMILES string of the molecule is COc1ccc(C)cc1-c1nnc2c(N)cccn12. The van der Waals surface area contributed by atoms with Crippen molar-refractivity contribution in [2.24, 2.45) is 0 Å². The van der Waals surface area contributed by atoms with E-state index in [1.54, 1.807) is 13.2 Å². The van der Waals surface area contributed by atoms with Gasteiger partial charge in [0.05, 0.1) is 18.4 Å². The summed E-state index contributed by atoms with van der Waals surface area (Å²) < 4.78 is 7.26. The smallest absolute Gasteiger partial charge is 0.184 e. The van der Waals surface area contributed by atoms with Gasteiger partial charge < -0.3 is 10.5 Å². The molecule has 0 saturated heterocycles. The number of hydrogen-bond acceptors (Lipinski definition) is 4. The van der Waals surface area contributed by atoms with Crippen molar-refractivity contribution >= 4 is 11.3 Å². The van der Waals surface area contributed by atoms with Crippen molar-refractivity contribution in [2.75, 3.05) is 12.8 Å². The van der Waals surface area contributed by atoms with Gasteiger partial charge in [-0.3, -0.25) is 4.40 Å². The summed E-state index contributed by atoms with van der Waals surface area (Å²) in [6, 6.07) is 9.63. The number of fused-ring (bicyclic) bond motifs is 1. The van der Waals surface area contributed by atoms with Crippen LogP contribution < -0.4 is 10.5 Å². The average Bonchev–Trinajstić information content (AvgIpc) is 2.84. The topological polar surface area (TPSA) is 65.4 Å². The molecule has 0 aliphatic rings. The predicted molar refractivity (Wildman–Crippen MR) is 74.1 cm³/mol. The molecule has 2 heterocycles. The van der Waals surface area contributed by atoms with E-state index in [0.717, 1.165) is 22.7 Å². The highest BCUT2D eigenvalue weighted by Crippen LogP contribution is 2.30. The van der Waals surface area contributed by atoms with Gasteiger partial charge in [-0.2, -0.15) is 0 Å². The van der Waals surface area contributed by atoms with Crippen LogP contribution in [0.2, 0.25) is 0 Å². The molecule has 19 heavy (non-hydrogen) atoms. The first kappa shape index (κ1) is 11.5. The van der Waals surface area contributed by atoms with Gasteiger partial charge in [0.2, 0.25) is 0 Å². The van der Waals surface area contributed by atoms with Gasteiger partial charge in [-0.25, -0.2) is 0 Å². The second-order valence-electron chi connectivity index (χ2n) is 4.38. The van der Waals surface area contributed by atoms with Gasteiger partial charge >= 0.3 is 0 Å². The molecule has 0 atom stereocenters. The van der Waals surface area contributed by atoms with Crippen LogP contribution in [0, 0.1) is 6.92 Å². The maximum absolute atomic E-state index is 5.89. The summed E-state index contributed by atoms with van der Waals surface area (Å²) in [6.45, 7) is 2.03. The number of methoxy groups -OCH3 is 1. The van der Waals surface area contributed by atoms with Crippen molar-refractivity contribution in [3.05, 3.63) is 42.1 Å². The minimum Gasteiger partial charge on any atom is -0.496 e. The second kappa shape index (κ2) is 4.28. The molecule has 3 rings (SSSR count). The highest BCUT2D eigenvalue weighted by atomic mass is 16.5. The average molecular weight is 254 g/mol. The van der Waals surface area contributed by atoms with Gasteiger partial charge in [0.1, 0.15) is 5.75 Å². The number of pyridine rings is 1. The summed E-state index contributed by atoms with van der Waals surface area (Å²) in [7, 11) is 1.64. The van der Waals surface area contributed by atoms with Crippen LogP contribution in [0.15, 0.2) is 36.5 Å². The summed E-state index contributed by atoms with van der Waals surface area (Å²) in [4.78, 5) is 0. The van der Waals surface area contributed by atoms with E-state index >= 15 is 0 Å². The van der Waals surface area contributed by atoms with Gasteiger partial charge in [-0.05, 0) is 31.2 Å². The first-order chi connectivity index (χ1) is 9.20. The zero-order valence-electron chi connectivity index (χ0n) is 10.8. The fraction of sp³-hybridized carbons (Fsp3) is 0.143. The predicted octanol–water partition coefficient (Wildman–Crippen LogP) is 2.30. The van der Waals surface area contributed by atoms with Crippen LogP contribution in [0.3, 0.4) is 0 Å². The van der Waals surface area contributed by atoms with E-state index in [2.05, 4.69) is 10.2 Å². The monoisotopic (exact) mass is 254 g/mol. The summed E-state index contributed by atoms with van der Waals surface area (Å²) in [5.74, 6) is 1.49. The fourth-order valence-electron chi connectivity index (χ4n) is 2.12. The number of ether oxygens (including phenoxy) is 1. The largest absolute Gasteiger partial charge is 0.496 e. The second-order valence-corrected chi connectivity index (χ2v) is 4.38. The molecule has 0 aliphatic heterocycles. The molecule has 1 aromatic carbocycles. The number of rotatable bonds is 2. The van der Waals surface area contributed by atoms with Crippen LogP contribution in [0.1, 0.15) is 5.56 Å². The molecule has 0 radical (unpaired) electrons. The minimum absolute atomic E-state index is 0.605. The Balaban J connectivity index is 2.30. The molecule has 96 valence electrons. The summed E-state index contributed by atoms with van der Waals surface area (Å²) in [5, 5.41) is 8.36. The lowest BCUT2D eigenvalue weighted by Crippen LogP contribution is -1.95. The minimum atomic E-state index is 0.605. The third kappa shape index (κ3) is 1.79. The van der Waals surface area contributed by atoms with Crippen molar-refractivity contribution < 1.29 is 4.74 Å². The highest BCUT2D eigenvalue weighted by molar-refractivity contribution is 5.72. The first-order valence-corrected chi connectivity index (χ1v) is 5.95. The lowest BCUT2D eigenvalue weighted by Gasteiger charge is -2.08. The van der Waals surface area contributed by atoms with Gasteiger partial charge in [-0.1, -0.05) is 11.6 Å². The number of aryl methyl sites for hydroxylation is 1. The molecule has 5 nitrogen and oxygen atoms in total.